The van der Waals surface area contributed by atoms with Crippen LogP contribution in [0, 0.1) is 0 Å². The van der Waals surface area contributed by atoms with Crippen molar-refractivity contribution in [3.05, 3.63) is 64.0 Å². The molecule has 0 radical (unpaired) electrons. The van der Waals surface area contributed by atoms with Crippen LogP contribution in [0.4, 0.5) is 5.13 Å². The molecule has 0 unspecified atom stereocenters. The molecule has 1 heterocycles. The lowest BCUT2D eigenvalue weighted by Gasteiger charge is -2.11. The van der Waals surface area contributed by atoms with Crippen molar-refractivity contribution in [2.24, 2.45) is 0 Å². The molecular weight excluding hydrogens is 476 g/mol. The summed E-state index contributed by atoms with van der Waals surface area (Å²) in [6.45, 7) is 2.82. The SMILES string of the molecule is CCCCCOc1ccc(C=CC(=O)Nc2nc(-c3cccc(Br)c3)cs2)cc1OC. The summed E-state index contributed by atoms with van der Waals surface area (Å²) in [7, 11) is 1.61. The Morgan fingerprint density at radius 3 is 2.84 bits per heavy atom. The lowest BCUT2D eigenvalue weighted by atomic mass is 10.2. The molecule has 0 saturated heterocycles. The number of carbonyl (C=O) groups excluding carboxylic acids is 1. The number of halogens is 1. The number of carbonyl (C=O) groups is 1. The van der Waals surface area contributed by atoms with Gasteiger partial charge in [-0.25, -0.2) is 4.98 Å². The molecule has 31 heavy (non-hydrogen) atoms. The smallest absolute Gasteiger partial charge is 0.250 e. The maximum Gasteiger partial charge on any atom is 0.250 e. The van der Waals surface area contributed by atoms with Gasteiger partial charge in [-0.3, -0.25) is 10.1 Å². The first-order valence-electron chi connectivity index (χ1n) is 10.1. The van der Waals surface area contributed by atoms with Gasteiger partial charge in [-0.2, -0.15) is 0 Å². The highest BCUT2D eigenvalue weighted by Crippen LogP contribution is 2.29. The fraction of sp³-hybridized carbons (Fsp3) is 0.250. The monoisotopic (exact) mass is 500 g/mol. The summed E-state index contributed by atoms with van der Waals surface area (Å²) in [6.07, 6.45) is 6.53. The number of hydrogen-bond donors (Lipinski definition) is 1. The molecule has 0 aliphatic rings. The number of benzene rings is 2. The fourth-order valence-electron chi connectivity index (χ4n) is 2.87. The number of hydrogen-bond acceptors (Lipinski definition) is 5. The van der Waals surface area contributed by atoms with Crippen molar-refractivity contribution in [2.75, 3.05) is 19.0 Å². The van der Waals surface area contributed by atoms with Crippen LogP contribution in [0.3, 0.4) is 0 Å². The molecule has 0 saturated carbocycles. The molecule has 3 rings (SSSR count). The Labute approximate surface area is 195 Å². The Morgan fingerprint density at radius 2 is 2.06 bits per heavy atom. The Morgan fingerprint density at radius 1 is 1.19 bits per heavy atom. The van der Waals surface area contributed by atoms with Gasteiger partial charge in [-0.15, -0.1) is 11.3 Å². The van der Waals surface area contributed by atoms with Gasteiger partial charge in [0.2, 0.25) is 5.91 Å². The van der Waals surface area contributed by atoms with Crippen LogP contribution in [-0.2, 0) is 4.79 Å². The zero-order valence-electron chi connectivity index (χ0n) is 17.6. The first-order chi connectivity index (χ1) is 15.1. The second-order valence-electron chi connectivity index (χ2n) is 6.84. The van der Waals surface area contributed by atoms with Crippen LogP contribution < -0.4 is 14.8 Å². The summed E-state index contributed by atoms with van der Waals surface area (Å²) in [5.41, 5.74) is 2.66. The summed E-state index contributed by atoms with van der Waals surface area (Å²) in [4.78, 5) is 16.8. The van der Waals surface area contributed by atoms with Crippen LogP contribution >= 0.6 is 27.3 Å². The maximum absolute atomic E-state index is 12.3. The van der Waals surface area contributed by atoms with E-state index in [0.29, 0.717) is 23.2 Å². The van der Waals surface area contributed by atoms with Crippen molar-refractivity contribution in [2.45, 2.75) is 26.2 Å². The number of rotatable bonds is 10. The number of unbranched alkanes of at least 4 members (excludes halogenated alkanes) is 2. The first kappa shape index (κ1) is 23.0. The molecule has 5 nitrogen and oxygen atoms in total. The molecule has 162 valence electrons. The molecule has 0 aliphatic heterocycles. The first-order valence-corrected chi connectivity index (χ1v) is 11.8. The largest absolute Gasteiger partial charge is 0.493 e. The number of methoxy groups -OCH3 is 1. The summed E-state index contributed by atoms with van der Waals surface area (Å²) in [6, 6.07) is 13.5. The predicted octanol–water partition coefficient (Wildman–Crippen LogP) is 6.80. The third kappa shape index (κ3) is 6.94. The predicted molar refractivity (Wildman–Crippen MR) is 131 cm³/mol. The van der Waals surface area contributed by atoms with Crippen molar-refractivity contribution < 1.29 is 14.3 Å². The Kier molecular flexibility index (Phi) is 8.67. The molecule has 0 bridgehead atoms. The molecular formula is C24H25BrN2O3S. The molecule has 1 N–H and O–H groups in total. The molecule has 0 spiro atoms. The third-order valence-corrected chi connectivity index (χ3v) is 5.73. The second-order valence-corrected chi connectivity index (χ2v) is 8.61. The number of thiazole rings is 1. The quantitative estimate of drug-likeness (QED) is 0.245. The van der Waals surface area contributed by atoms with Gasteiger partial charge in [-0.1, -0.05) is 53.9 Å². The van der Waals surface area contributed by atoms with E-state index < -0.39 is 0 Å². The van der Waals surface area contributed by atoms with Crippen molar-refractivity contribution >= 4 is 44.4 Å². The molecule has 0 aliphatic carbocycles. The summed E-state index contributed by atoms with van der Waals surface area (Å²) >= 11 is 4.85. The third-order valence-electron chi connectivity index (χ3n) is 4.47. The zero-order chi connectivity index (χ0) is 22.1. The molecule has 1 aromatic heterocycles. The van der Waals surface area contributed by atoms with Crippen LogP contribution in [0.2, 0.25) is 0 Å². The topological polar surface area (TPSA) is 60.5 Å². The van der Waals surface area contributed by atoms with E-state index >= 15 is 0 Å². The van der Waals surface area contributed by atoms with E-state index in [-0.39, 0.29) is 5.91 Å². The normalized spacial score (nSPS) is 10.9. The van der Waals surface area contributed by atoms with Gasteiger partial charge in [0.25, 0.3) is 0 Å². The molecule has 0 atom stereocenters. The molecule has 2 aromatic carbocycles. The van der Waals surface area contributed by atoms with E-state index in [1.165, 1.54) is 17.4 Å². The number of aromatic nitrogens is 1. The minimum atomic E-state index is -0.242. The van der Waals surface area contributed by atoms with Crippen LogP contribution in [0.1, 0.15) is 31.7 Å². The van der Waals surface area contributed by atoms with Crippen LogP contribution in [0.5, 0.6) is 11.5 Å². The van der Waals surface area contributed by atoms with E-state index in [4.69, 9.17) is 9.47 Å². The van der Waals surface area contributed by atoms with Crippen LogP contribution in [0.15, 0.2) is 58.4 Å². The average Bonchev–Trinajstić information content (AvgIpc) is 3.24. The van der Waals surface area contributed by atoms with Gasteiger partial charge in [0.05, 0.1) is 19.4 Å². The van der Waals surface area contributed by atoms with Gasteiger partial charge < -0.3 is 9.47 Å². The lowest BCUT2D eigenvalue weighted by Crippen LogP contribution is -2.07. The van der Waals surface area contributed by atoms with E-state index in [9.17, 15) is 4.79 Å². The molecule has 7 heteroatoms. The molecule has 1 amide bonds. The number of nitrogens with one attached hydrogen (secondary N) is 1. The van der Waals surface area contributed by atoms with Crippen LogP contribution in [0.25, 0.3) is 17.3 Å². The maximum atomic E-state index is 12.3. The highest BCUT2D eigenvalue weighted by Gasteiger charge is 2.08. The van der Waals surface area contributed by atoms with Crippen molar-refractivity contribution in [3.8, 4) is 22.8 Å². The lowest BCUT2D eigenvalue weighted by molar-refractivity contribution is -0.111. The minimum Gasteiger partial charge on any atom is -0.493 e. The van der Waals surface area contributed by atoms with Crippen molar-refractivity contribution in [1.29, 1.82) is 0 Å². The van der Waals surface area contributed by atoms with Gasteiger partial charge in [-0.05, 0) is 42.3 Å². The summed E-state index contributed by atoms with van der Waals surface area (Å²) < 4.78 is 12.2. The summed E-state index contributed by atoms with van der Waals surface area (Å²) in [5, 5.41) is 5.29. The van der Waals surface area contributed by atoms with Gasteiger partial charge in [0.15, 0.2) is 16.6 Å². The van der Waals surface area contributed by atoms with Crippen molar-refractivity contribution in [3.63, 3.8) is 0 Å². The Bertz CT molecular complexity index is 1050. The van der Waals surface area contributed by atoms with Crippen molar-refractivity contribution in [1.82, 2.24) is 4.98 Å². The van der Waals surface area contributed by atoms with E-state index in [1.54, 1.807) is 13.2 Å². The van der Waals surface area contributed by atoms with E-state index in [0.717, 1.165) is 40.6 Å². The standard InChI is InChI=1S/C24H25BrN2O3S/c1-3-4-5-13-30-21-11-9-17(14-22(21)29-2)10-12-23(28)27-24-26-20(16-31-24)18-7-6-8-19(25)15-18/h6-12,14-16H,3-5,13H2,1-2H3,(H,26,27,28). The number of nitrogens with zero attached hydrogens (tertiary/aromatic N) is 1. The van der Waals surface area contributed by atoms with Gasteiger partial charge in [0.1, 0.15) is 0 Å². The highest BCUT2D eigenvalue weighted by molar-refractivity contribution is 9.10. The number of anilines is 1. The Balaban J connectivity index is 1.59. The number of ether oxygens (including phenoxy) is 2. The molecule has 3 aromatic rings. The summed E-state index contributed by atoms with van der Waals surface area (Å²) in [5.74, 6) is 1.12. The van der Waals surface area contributed by atoms with Crippen LogP contribution in [-0.4, -0.2) is 24.6 Å². The zero-order valence-corrected chi connectivity index (χ0v) is 20.0. The van der Waals surface area contributed by atoms with Gasteiger partial charge >= 0.3 is 0 Å². The Hall–Kier alpha value is -2.64. The average molecular weight is 501 g/mol. The fourth-order valence-corrected chi connectivity index (χ4v) is 3.99. The highest BCUT2D eigenvalue weighted by atomic mass is 79.9. The van der Waals surface area contributed by atoms with E-state index in [1.807, 2.05) is 47.8 Å². The number of amides is 1. The van der Waals surface area contributed by atoms with Gasteiger partial charge in [0, 0.05) is 21.5 Å². The minimum absolute atomic E-state index is 0.242. The second kappa shape index (κ2) is 11.7. The molecule has 0 fully saturated rings. The van der Waals surface area contributed by atoms with E-state index in [2.05, 4.69) is 33.2 Å².